The molecule has 0 bridgehead atoms. The zero-order valence-electron chi connectivity index (χ0n) is 15.2. The second-order valence-corrected chi connectivity index (χ2v) is 6.74. The predicted octanol–water partition coefficient (Wildman–Crippen LogP) is 3.74. The molecule has 0 aliphatic rings. The number of benzene rings is 2. The van der Waals surface area contributed by atoms with E-state index in [1.54, 1.807) is 15.4 Å². The maximum Gasteiger partial charge on any atom is 0.244 e. The van der Waals surface area contributed by atoms with Crippen LogP contribution in [0.3, 0.4) is 0 Å². The van der Waals surface area contributed by atoms with E-state index in [1.807, 2.05) is 67.7 Å². The summed E-state index contributed by atoms with van der Waals surface area (Å²) in [6.45, 7) is 2.08. The van der Waals surface area contributed by atoms with Crippen LogP contribution < -0.4 is 5.32 Å². The third kappa shape index (κ3) is 3.77. The Bertz CT molecular complexity index is 1160. The summed E-state index contributed by atoms with van der Waals surface area (Å²) < 4.78 is 3.82. The highest BCUT2D eigenvalue weighted by Gasteiger charge is 2.13. The van der Waals surface area contributed by atoms with Gasteiger partial charge in [-0.05, 0) is 43.4 Å². The summed E-state index contributed by atoms with van der Waals surface area (Å²) in [5, 5.41) is 14.2. The molecule has 2 aromatic heterocycles. The number of nitrogens with one attached hydrogen (secondary N) is 2. The van der Waals surface area contributed by atoms with E-state index in [0.717, 1.165) is 16.8 Å². The summed E-state index contributed by atoms with van der Waals surface area (Å²) in [5.74, 6) is 0.439. The number of hydrogen-bond donors (Lipinski definition) is 2. The highest BCUT2D eigenvalue weighted by atomic mass is 32.1. The normalized spacial score (nSPS) is 10.8. The van der Waals surface area contributed by atoms with Crippen molar-refractivity contribution in [2.45, 2.75) is 13.5 Å². The van der Waals surface area contributed by atoms with Crippen molar-refractivity contribution in [2.75, 3.05) is 5.32 Å². The van der Waals surface area contributed by atoms with E-state index in [0.29, 0.717) is 16.3 Å². The van der Waals surface area contributed by atoms with Gasteiger partial charge in [-0.15, -0.1) is 0 Å². The van der Waals surface area contributed by atoms with Crippen LogP contribution in [0, 0.1) is 11.7 Å². The van der Waals surface area contributed by atoms with E-state index < -0.39 is 0 Å². The van der Waals surface area contributed by atoms with Crippen LogP contribution in [0.5, 0.6) is 0 Å². The van der Waals surface area contributed by atoms with Crippen molar-refractivity contribution in [3.05, 3.63) is 77.3 Å². The largest absolute Gasteiger partial charge is 0.324 e. The van der Waals surface area contributed by atoms with Crippen molar-refractivity contribution in [3.63, 3.8) is 0 Å². The van der Waals surface area contributed by atoms with Crippen LogP contribution in [0.15, 0.2) is 67.0 Å². The molecule has 7 nitrogen and oxygen atoms in total. The SMILES string of the molecule is Cc1ccc(-c2n[nH]c(=S)n2CC(=O)Nc2cccc(-n3cccn3)c2)cc1. The molecule has 8 heteroatoms. The average Bonchev–Trinajstić information content (AvgIpc) is 3.34. The van der Waals surface area contributed by atoms with Gasteiger partial charge in [-0.3, -0.25) is 14.5 Å². The van der Waals surface area contributed by atoms with Crippen molar-refractivity contribution >= 4 is 23.8 Å². The number of rotatable bonds is 5. The molecule has 140 valence electrons. The lowest BCUT2D eigenvalue weighted by molar-refractivity contribution is -0.116. The Morgan fingerprint density at radius 2 is 2.00 bits per heavy atom. The summed E-state index contributed by atoms with van der Waals surface area (Å²) in [4.78, 5) is 12.6. The van der Waals surface area contributed by atoms with Crippen LogP contribution in [0.4, 0.5) is 5.69 Å². The summed E-state index contributed by atoms with van der Waals surface area (Å²) in [6.07, 6.45) is 3.55. The molecule has 0 spiro atoms. The summed E-state index contributed by atoms with van der Waals surface area (Å²) in [6, 6.07) is 17.2. The molecule has 0 radical (unpaired) electrons. The van der Waals surface area contributed by atoms with Crippen molar-refractivity contribution in [3.8, 4) is 17.1 Å². The lowest BCUT2D eigenvalue weighted by atomic mass is 10.1. The van der Waals surface area contributed by atoms with Gasteiger partial charge in [-0.2, -0.15) is 10.2 Å². The number of carbonyl (C=O) groups is 1. The molecule has 0 saturated heterocycles. The molecule has 28 heavy (non-hydrogen) atoms. The van der Waals surface area contributed by atoms with Crippen LogP contribution >= 0.6 is 12.2 Å². The van der Waals surface area contributed by atoms with Gasteiger partial charge >= 0.3 is 0 Å². The molecular weight excluding hydrogens is 372 g/mol. The smallest absolute Gasteiger partial charge is 0.244 e. The van der Waals surface area contributed by atoms with Crippen LogP contribution in [0.2, 0.25) is 0 Å². The molecule has 1 amide bonds. The molecule has 0 aliphatic heterocycles. The minimum Gasteiger partial charge on any atom is -0.324 e. The Balaban J connectivity index is 1.54. The maximum absolute atomic E-state index is 12.6. The van der Waals surface area contributed by atoms with Crippen molar-refractivity contribution in [1.82, 2.24) is 24.5 Å². The zero-order valence-corrected chi connectivity index (χ0v) is 16.0. The Morgan fingerprint density at radius 3 is 2.75 bits per heavy atom. The molecule has 2 heterocycles. The van der Waals surface area contributed by atoms with E-state index >= 15 is 0 Å². The first-order valence-electron chi connectivity index (χ1n) is 8.72. The van der Waals surface area contributed by atoms with Gasteiger partial charge in [-0.1, -0.05) is 35.9 Å². The highest BCUT2D eigenvalue weighted by Crippen LogP contribution is 2.19. The fourth-order valence-corrected chi connectivity index (χ4v) is 3.08. The van der Waals surface area contributed by atoms with E-state index in [4.69, 9.17) is 12.2 Å². The van der Waals surface area contributed by atoms with E-state index in [-0.39, 0.29) is 12.5 Å². The van der Waals surface area contributed by atoms with Gasteiger partial charge in [0.2, 0.25) is 5.91 Å². The molecular formula is C20H18N6OS. The molecule has 0 saturated carbocycles. The number of anilines is 1. The molecule has 0 unspecified atom stereocenters. The minimum atomic E-state index is -0.191. The van der Waals surface area contributed by atoms with Crippen LogP contribution in [0.1, 0.15) is 5.56 Å². The standard InChI is InChI=1S/C20H18N6OS/c1-14-6-8-15(9-7-14)19-23-24-20(28)25(19)13-18(27)22-16-4-2-5-17(12-16)26-11-3-10-21-26/h2-12H,13H2,1H3,(H,22,27)(H,24,28). The van der Waals surface area contributed by atoms with Crippen molar-refractivity contribution < 1.29 is 4.79 Å². The Hall–Kier alpha value is -3.52. The first-order chi connectivity index (χ1) is 13.6. The molecule has 0 atom stereocenters. The first-order valence-corrected chi connectivity index (χ1v) is 9.13. The molecule has 0 aliphatic carbocycles. The topological polar surface area (TPSA) is 80.5 Å². The second-order valence-electron chi connectivity index (χ2n) is 6.35. The third-order valence-corrected chi connectivity index (χ3v) is 4.58. The molecule has 2 N–H and O–H groups in total. The van der Waals surface area contributed by atoms with E-state index in [2.05, 4.69) is 20.6 Å². The number of aromatic amines is 1. The lowest BCUT2D eigenvalue weighted by Crippen LogP contribution is -2.19. The fourth-order valence-electron chi connectivity index (χ4n) is 2.88. The van der Waals surface area contributed by atoms with Crippen LogP contribution in [-0.4, -0.2) is 30.5 Å². The quantitative estimate of drug-likeness (QED) is 0.509. The minimum absolute atomic E-state index is 0.0601. The second kappa shape index (κ2) is 7.61. The van der Waals surface area contributed by atoms with E-state index in [1.165, 1.54) is 0 Å². The Kier molecular flexibility index (Phi) is 4.86. The number of aromatic nitrogens is 5. The van der Waals surface area contributed by atoms with Gasteiger partial charge in [0.25, 0.3) is 0 Å². The van der Waals surface area contributed by atoms with E-state index in [9.17, 15) is 4.79 Å². The third-order valence-electron chi connectivity index (χ3n) is 4.27. The molecule has 0 fully saturated rings. The maximum atomic E-state index is 12.6. The van der Waals surface area contributed by atoms with Gasteiger partial charge in [0, 0.05) is 23.6 Å². The summed E-state index contributed by atoms with van der Waals surface area (Å²) in [7, 11) is 0. The zero-order chi connectivity index (χ0) is 19.5. The number of aryl methyl sites for hydroxylation is 1. The average molecular weight is 390 g/mol. The van der Waals surface area contributed by atoms with Crippen molar-refractivity contribution in [1.29, 1.82) is 0 Å². The monoisotopic (exact) mass is 390 g/mol. The number of hydrogen-bond acceptors (Lipinski definition) is 4. The Morgan fingerprint density at radius 1 is 1.18 bits per heavy atom. The van der Waals surface area contributed by atoms with Gasteiger partial charge in [0.1, 0.15) is 6.54 Å². The van der Waals surface area contributed by atoms with Crippen LogP contribution in [0.25, 0.3) is 17.1 Å². The van der Waals surface area contributed by atoms with Gasteiger partial charge in [0.05, 0.1) is 5.69 Å². The molecule has 4 aromatic rings. The number of nitrogens with zero attached hydrogens (tertiary/aromatic N) is 4. The molecule has 4 rings (SSSR count). The van der Waals surface area contributed by atoms with Crippen LogP contribution in [-0.2, 0) is 11.3 Å². The molecule has 2 aromatic carbocycles. The Labute approximate surface area is 166 Å². The predicted molar refractivity (Wildman–Crippen MR) is 110 cm³/mol. The number of H-pyrrole nitrogens is 1. The van der Waals surface area contributed by atoms with Gasteiger partial charge < -0.3 is 5.32 Å². The summed E-state index contributed by atoms with van der Waals surface area (Å²) in [5.41, 5.74) is 3.60. The lowest BCUT2D eigenvalue weighted by Gasteiger charge is -2.10. The fraction of sp³-hybridized carbons (Fsp3) is 0.100. The van der Waals surface area contributed by atoms with Crippen molar-refractivity contribution in [2.24, 2.45) is 0 Å². The number of carbonyl (C=O) groups excluding carboxylic acids is 1. The highest BCUT2D eigenvalue weighted by molar-refractivity contribution is 7.71. The number of amides is 1. The first kappa shape index (κ1) is 17.9. The summed E-state index contributed by atoms with van der Waals surface area (Å²) >= 11 is 5.31. The van der Waals surface area contributed by atoms with Gasteiger partial charge in [0.15, 0.2) is 10.6 Å². The van der Waals surface area contributed by atoms with Gasteiger partial charge in [-0.25, -0.2) is 4.68 Å².